The fourth-order valence-electron chi connectivity index (χ4n) is 3.09. The number of nitrogens with one attached hydrogen (secondary N) is 3. The number of carbonyl (C=O) groups is 5. The lowest BCUT2D eigenvalue weighted by molar-refractivity contribution is -0.266. The first-order valence-electron chi connectivity index (χ1n) is 10.2. The lowest BCUT2D eigenvalue weighted by Crippen LogP contribution is -2.65. The summed E-state index contributed by atoms with van der Waals surface area (Å²) in [6.45, 7) is 3.12. The molecule has 14 nitrogen and oxygen atoms in total. The molecular formula is C19H31N3O11. The van der Waals surface area contributed by atoms with Crippen molar-refractivity contribution in [1.29, 1.82) is 0 Å². The molecule has 1 heterocycles. The second-order valence-corrected chi connectivity index (χ2v) is 7.62. The maximum atomic E-state index is 12.5. The summed E-state index contributed by atoms with van der Waals surface area (Å²) in [5, 5.41) is 45.5. The molecule has 0 saturated carbocycles. The van der Waals surface area contributed by atoms with Gasteiger partial charge in [-0.25, -0.2) is 0 Å². The Labute approximate surface area is 189 Å². The van der Waals surface area contributed by atoms with Gasteiger partial charge in [-0.3, -0.25) is 19.2 Å². The maximum absolute atomic E-state index is 12.5. The number of aliphatic hydroxyl groups excluding tert-OH is 3. The molecule has 8 atom stereocenters. The quantitative estimate of drug-likeness (QED) is 0.136. The summed E-state index contributed by atoms with van der Waals surface area (Å²) in [5.74, 6) is -3.23. The smallest absolute Gasteiger partial charge is 0.303 e. The number of hydrogen-bond donors (Lipinski definition) is 7. The Bertz CT molecular complexity index is 719. The van der Waals surface area contributed by atoms with E-state index in [1.165, 1.54) is 13.8 Å². The van der Waals surface area contributed by atoms with E-state index in [-0.39, 0.29) is 12.8 Å². The number of aldehydes is 1. The van der Waals surface area contributed by atoms with Crippen LogP contribution in [0.15, 0.2) is 0 Å². The van der Waals surface area contributed by atoms with Crippen LogP contribution in [0.1, 0.15) is 33.6 Å². The third-order valence-corrected chi connectivity index (χ3v) is 4.89. The third-order valence-electron chi connectivity index (χ3n) is 4.89. The van der Waals surface area contributed by atoms with Crippen molar-refractivity contribution in [2.24, 2.45) is 0 Å². The lowest BCUT2D eigenvalue weighted by atomic mass is 9.96. The van der Waals surface area contributed by atoms with Crippen molar-refractivity contribution in [3.8, 4) is 0 Å². The highest BCUT2D eigenvalue weighted by atomic mass is 16.6. The van der Waals surface area contributed by atoms with E-state index in [1.807, 2.05) is 0 Å². The average molecular weight is 477 g/mol. The number of amides is 3. The van der Waals surface area contributed by atoms with Crippen molar-refractivity contribution >= 4 is 30.0 Å². The Hall–Kier alpha value is -2.65. The number of aliphatic carboxylic acids is 1. The van der Waals surface area contributed by atoms with E-state index in [1.54, 1.807) is 0 Å². The molecule has 1 fully saturated rings. The van der Waals surface area contributed by atoms with E-state index in [0.29, 0.717) is 6.29 Å². The molecule has 1 rings (SSSR count). The number of aliphatic hydroxyl groups is 3. The van der Waals surface area contributed by atoms with Crippen molar-refractivity contribution in [2.75, 3.05) is 6.61 Å². The van der Waals surface area contributed by atoms with Gasteiger partial charge >= 0.3 is 5.97 Å². The average Bonchev–Trinajstić information content (AvgIpc) is 2.74. The van der Waals surface area contributed by atoms with Crippen LogP contribution in [0.4, 0.5) is 0 Å². The van der Waals surface area contributed by atoms with E-state index >= 15 is 0 Å². The SMILES string of the molecule is CC(=O)N[C@@H]1[C@@H](OC(C)C(=O)N[C@@H](C)C(=O)N[C@H](C=O)CCC(=O)O)[C@H](O)[C@@H](CO)O[C@@H]1O. The first-order valence-corrected chi connectivity index (χ1v) is 10.2. The van der Waals surface area contributed by atoms with Crippen molar-refractivity contribution in [3.63, 3.8) is 0 Å². The second kappa shape index (κ2) is 13.2. The first kappa shape index (κ1) is 28.4. The molecule has 1 unspecified atom stereocenters. The standard InChI is InChI=1S/C19H31N3O11/c1-8(17(29)22-11(6-23)4-5-13(26)27)20-18(30)9(2)32-16-14(21-10(3)25)19(31)33-12(7-24)15(16)28/h6,8-9,11-12,14-16,19,24,28,31H,4-5,7H2,1-3H3,(H,20,30)(H,21,25)(H,22,29)(H,26,27)/t8-,9?,11-,12+,14+,15+,16+,19-/m0/s1. The summed E-state index contributed by atoms with van der Waals surface area (Å²) < 4.78 is 10.6. The fourth-order valence-corrected chi connectivity index (χ4v) is 3.09. The predicted octanol–water partition coefficient (Wildman–Crippen LogP) is -3.61. The summed E-state index contributed by atoms with van der Waals surface area (Å²) >= 11 is 0. The minimum Gasteiger partial charge on any atom is -0.481 e. The number of carbonyl (C=O) groups excluding carboxylic acids is 4. The first-order chi connectivity index (χ1) is 15.4. The van der Waals surface area contributed by atoms with Gasteiger partial charge in [0.05, 0.1) is 12.6 Å². The highest BCUT2D eigenvalue weighted by Crippen LogP contribution is 2.23. The van der Waals surface area contributed by atoms with E-state index in [9.17, 15) is 39.3 Å². The van der Waals surface area contributed by atoms with Crippen LogP contribution < -0.4 is 16.0 Å². The second-order valence-electron chi connectivity index (χ2n) is 7.62. The summed E-state index contributed by atoms with van der Waals surface area (Å²) in [6.07, 6.45) is -7.06. The van der Waals surface area contributed by atoms with Gasteiger partial charge in [0, 0.05) is 13.3 Å². The predicted molar refractivity (Wildman–Crippen MR) is 108 cm³/mol. The summed E-state index contributed by atoms with van der Waals surface area (Å²) in [4.78, 5) is 57.8. The Morgan fingerprint density at radius 1 is 1.12 bits per heavy atom. The van der Waals surface area contributed by atoms with Gasteiger partial charge in [-0.1, -0.05) is 0 Å². The summed E-state index contributed by atoms with van der Waals surface area (Å²) in [7, 11) is 0. The molecule has 7 N–H and O–H groups in total. The van der Waals surface area contributed by atoms with Crippen LogP contribution >= 0.6 is 0 Å². The van der Waals surface area contributed by atoms with Crippen molar-refractivity contribution in [1.82, 2.24) is 16.0 Å². The molecule has 1 aliphatic rings. The van der Waals surface area contributed by atoms with Crippen LogP contribution in [0.3, 0.4) is 0 Å². The summed E-state index contributed by atoms with van der Waals surface area (Å²) in [5.41, 5.74) is 0. The van der Waals surface area contributed by atoms with Gasteiger partial charge in [0.2, 0.25) is 17.7 Å². The van der Waals surface area contributed by atoms with Crippen LogP contribution in [0.5, 0.6) is 0 Å². The van der Waals surface area contributed by atoms with Gasteiger partial charge in [0.25, 0.3) is 0 Å². The molecule has 3 amide bonds. The van der Waals surface area contributed by atoms with Crippen molar-refractivity contribution in [3.05, 3.63) is 0 Å². The zero-order chi connectivity index (χ0) is 25.3. The van der Waals surface area contributed by atoms with Crippen molar-refractivity contribution in [2.45, 2.75) is 82.4 Å². The Balaban J connectivity index is 2.77. The van der Waals surface area contributed by atoms with Crippen molar-refractivity contribution < 1.29 is 53.9 Å². The monoisotopic (exact) mass is 477 g/mol. The van der Waals surface area contributed by atoms with Gasteiger partial charge in [-0.2, -0.15) is 0 Å². The molecular weight excluding hydrogens is 446 g/mol. The maximum Gasteiger partial charge on any atom is 0.303 e. The van der Waals surface area contributed by atoms with Gasteiger partial charge in [-0.05, 0) is 20.3 Å². The highest BCUT2D eigenvalue weighted by molar-refractivity contribution is 5.90. The van der Waals surface area contributed by atoms with Gasteiger partial charge < -0.3 is 50.6 Å². The molecule has 0 bridgehead atoms. The zero-order valence-corrected chi connectivity index (χ0v) is 18.5. The molecule has 0 aliphatic carbocycles. The van der Waals surface area contributed by atoms with Gasteiger partial charge in [0.1, 0.15) is 42.8 Å². The van der Waals surface area contributed by atoms with Crippen LogP contribution in [0.25, 0.3) is 0 Å². The van der Waals surface area contributed by atoms with Crippen LogP contribution in [0, 0.1) is 0 Å². The van der Waals surface area contributed by atoms with E-state index < -0.39 is 79.1 Å². The molecule has 188 valence electrons. The number of carboxylic acids is 1. The fraction of sp³-hybridized carbons (Fsp3) is 0.737. The Morgan fingerprint density at radius 2 is 1.76 bits per heavy atom. The molecule has 1 saturated heterocycles. The Morgan fingerprint density at radius 3 is 2.27 bits per heavy atom. The third kappa shape index (κ3) is 8.66. The van der Waals surface area contributed by atoms with E-state index in [4.69, 9.17) is 14.6 Å². The molecule has 14 heteroatoms. The Kier molecular flexibility index (Phi) is 11.3. The number of carboxylic acid groups (broad SMARTS) is 1. The summed E-state index contributed by atoms with van der Waals surface area (Å²) in [6, 6.07) is -3.43. The molecule has 0 aromatic rings. The zero-order valence-electron chi connectivity index (χ0n) is 18.5. The number of rotatable bonds is 12. The molecule has 33 heavy (non-hydrogen) atoms. The molecule has 0 radical (unpaired) electrons. The topological polar surface area (TPSA) is 221 Å². The molecule has 0 aromatic carbocycles. The van der Waals surface area contributed by atoms with E-state index in [2.05, 4.69) is 16.0 Å². The number of hydrogen-bond acceptors (Lipinski definition) is 10. The highest BCUT2D eigenvalue weighted by Gasteiger charge is 2.46. The normalized spacial score (nSPS) is 27.5. The lowest BCUT2D eigenvalue weighted by Gasteiger charge is -2.43. The largest absolute Gasteiger partial charge is 0.481 e. The van der Waals surface area contributed by atoms with Gasteiger partial charge in [-0.15, -0.1) is 0 Å². The van der Waals surface area contributed by atoms with Crippen LogP contribution in [0.2, 0.25) is 0 Å². The van der Waals surface area contributed by atoms with Crippen LogP contribution in [-0.2, 0) is 33.4 Å². The minimum atomic E-state index is -1.63. The molecule has 0 spiro atoms. The number of ether oxygens (including phenoxy) is 2. The van der Waals surface area contributed by atoms with Gasteiger partial charge in [0.15, 0.2) is 6.29 Å². The minimum absolute atomic E-state index is 0.120. The molecule has 0 aromatic heterocycles. The van der Waals surface area contributed by atoms with Crippen LogP contribution in [-0.4, -0.2) is 106 Å². The van der Waals surface area contributed by atoms with E-state index in [0.717, 1.165) is 6.92 Å². The molecule has 1 aliphatic heterocycles.